The Morgan fingerprint density at radius 1 is 1.00 bits per heavy atom. The minimum atomic E-state index is 0.176. The number of methoxy groups -OCH3 is 2. The van der Waals surface area contributed by atoms with E-state index in [2.05, 4.69) is 0 Å². The molecule has 0 saturated carbocycles. The van der Waals surface area contributed by atoms with Crippen LogP contribution < -0.4 is 18.9 Å². The summed E-state index contributed by atoms with van der Waals surface area (Å²) in [6.07, 6.45) is 0.176. The first-order valence-corrected chi connectivity index (χ1v) is 7.89. The van der Waals surface area contributed by atoms with E-state index in [0.29, 0.717) is 36.2 Å². The van der Waals surface area contributed by atoms with Crippen molar-refractivity contribution in [2.45, 2.75) is 19.6 Å². The molecule has 24 heavy (non-hydrogen) atoms. The Bertz CT molecular complexity index is 680. The Balaban J connectivity index is 1.84. The molecule has 0 aromatic heterocycles. The Morgan fingerprint density at radius 3 is 2.33 bits per heavy atom. The fraction of sp³-hybridized carbons (Fsp3) is 0.368. The average molecular weight is 330 g/mol. The van der Waals surface area contributed by atoms with Crippen molar-refractivity contribution in [1.82, 2.24) is 0 Å². The number of ether oxygens (including phenoxy) is 5. The van der Waals surface area contributed by atoms with E-state index in [1.807, 2.05) is 43.3 Å². The van der Waals surface area contributed by atoms with Crippen molar-refractivity contribution >= 4 is 0 Å². The zero-order valence-electron chi connectivity index (χ0n) is 14.2. The second kappa shape index (κ2) is 7.45. The number of hydrogen-bond acceptors (Lipinski definition) is 5. The first-order chi connectivity index (χ1) is 11.7. The summed E-state index contributed by atoms with van der Waals surface area (Å²) in [5, 5.41) is 0. The van der Waals surface area contributed by atoms with Gasteiger partial charge in [0.05, 0.1) is 20.8 Å². The van der Waals surface area contributed by atoms with Gasteiger partial charge in [-0.15, -0.1) is 0 Å². The van der Waals surface area contributed by atoms with Gasteiger partial charge in [-0.05, 0) is 24.1 Å². The molecule has 0 N–H and O–H groups in total. The van der Waals surface area contributed by atoms with Crippen LogP contribution in [0.25, 0.3) is 0 Å². The second-order valence-corrected chi connectivity index (χ2v) is 5.63. The molecule has 0 spiro atoms. The van der Waals surface area contributed by atoms with Gasteiger partial charge in [0, 0.05) is 0 Å². The van der Waals surface area contributed by atoms with Crippen LogP contribution in [-0.4, -0.2) is 33.5 Å². The summed E-state index contributed by atoms with van der Waals surface area (Å²) in [4.78, 5) is 0. The van der Waals surface area contributed by atoms with E-state index in [0.717, 1.165) is 17.7 Å². The third kappa shape index (κ3) is 3.74. The minimum Gasteiger partial charge on any atom is -0.490 e. The monoisotopic (exact) mass is 330 g/mol. The number of aryl methyl sites for hydroxylation is 1. The van der Waals surface area contributed by atoms with E-state index in [-0.39, 0.29) is 6.10 Å². The maximum atomic E-state index is 6.00. The fourth-order valence-electron chi connectivity index (χ4n) is 2.46. The molecule has 1 atom stereocenters. The molecule has 3 rings (SSSR count). The summed E-state index contributed by atoms with van der Waals surface area (Å²) in [6, 6.07) is 11.9. The second-order valence-electron chi connectivity index (χ2n) is 5.63. The summed E-state index contributed by atoms with van der Waals surface area (Å²) >= 11 is 0. The zero-order chi connectivity index (χ0) is 16.9. The van der Waals surface area contributed by atoms with Crippen LogP contribution >= 0.6 is 0 Å². The lowest BCUT2D eigenvalue weighted by molar-refractivity contribution is 0.240. The quantitative estimate of drug-likeness (QED) is 0.695. The predicted octanol–water partition coefficient (Wildman–Crippen LogP) is 3.37. The first-order valence-electron chi connectivity index (χ1n) is 7.89. The maximum Gasteiger partial charge on any atom is 0.207 e. The molecule has 5 nitrogen and oxygen atoms in total. The van der Waals surface area contributed by atoms with E-state index < -0.39 is 0 Å². The number of hydrogen-bond donors (Lipinski definition) is 0. The summed E-state index contributed by atoms with van der Waals surface area (Å²) in [6.45, 7) is 3.67. The summed E-state index contributed by atoms with van der Waals surface area (Å²) in [5.41, 5.74) is 2.01. The lowest BCUT2D eigenvalue weighted by Crippen LogP contribution is -2.07. The van der Waals surface area contributed by atoms with Crippen molar-refractivity contribution in [2.24, 2.45) is 0 Å². The van der Waals surface area contributed by atoms with E-state index >= 15 is 0 Å². The lowest BCUT2D eigenvalue weighted by atomic mass is 10.1. The molecule has 0 aliphatic carbocycles. The van der Waals surface area contributed by atoms with Crippen LogP contribution in [0.1, 0.15) is 11.1 Å². The largest absolute Gasteiger partial charge is 0.490 e. The van der Waals surface area contributed by atoms with E-state index in [1.165, 1.54) is 0 Å². The fourth-order valence-corrected chi connectivity index (χ4v) is 2.46. The predicted molar refractivity (Wildman–Crippen MR) is 90.3 cm³/mol. The van der Waals surface area contributed by atoms with E-state index in [1.54, 1.807) is 14.2 Å². The van der Waals surface area contributed by atoms with Crippen LogP contribution in [0.4, 0.5) is 0 Å². The SMILES string of the molecule is COc1c(OCC2CO2)cc(C)c(OCc2ccccc2)c1OC. The standard InChI is InChI=1S/C19H22O5/c1-13-9-16(23-12-15-11-22-15)18(20-2)19(21-3)17(13)24-10-14-7-5-4-6-8-14/h4-9,15H,10-12H2,1-3H3. The summed E-state index contributed by atoms with van der Waals surface area (Å²) in [7, 11) is 3.19. The van der Waals surface area contributed by atoms with Gasteiger partial charge >= 0.3 is 0 Å². The highest BCUT2D eigenvalue weighted by atomic mass is 16.6. The highest BCUT2D eigenvalue weighted by Gasteiger charge is 2.26. The number of benzene rings is 2. The molecule has 1 aliphatic heterocycles. The molecule has 1 saturated heterocycles. The number of epoxide rings is 1. The highest BCUT2D eigenvalue weighted by Crippen LogP contribution is 2.46. The molecule has 0 amide bonds. The Kier molecular flexibility index (Phi) is 5.11. The van der Waals surface area contributed by atoms with Gasteiger partial charge in [0.2, 0.25) is 11.5 Å². The molecule has 128 valence electrons. The van der Waals surface area contributed by atoms with Crippen LogP contribution in [0.15, 0.2) is 36.4 Å². The molecular weight excluding hydrogens is 308 g/mol. The van der Waals surface area contributed by atoms with E-state index in [9.17, 15) is 0 Å². The van der Waals surface area contributed by atoms with Crippen molar-refractivity contribution in [3.63, 3.8) is 0 Å². The van der Waals surface area contributed by atoms with Crippen molar-refractivity contribution in [3.8, 4) is 23.0 Å². The van der Waals surface area contributed by atoms with Gasteiger partial charge < -0.3 is 23.7 Å². The topological polar surface area (TPSA) is 49.5 Å². The summed E-state index contributed by atoms with van der Waals surface area (Å²) in [5.74, 6) is 2.37. The smallest absolute Gasteiger partial charge is 0.207 e. The molecule has 1 unspecified atom stereocenters. The Labute approximate surface area is 142 Å². The average Bonchev–Trinajstić information content (AvgIpc) is 3.43. The molecule has 0 bridgehead atoms. The van der Waals surface area contributed by atoms with Gasteiger partial charge in [-0.1, -0.05) is 30.3 Å². The van der Waals surface area contributed by atoms with Gasteiger partial charge in [0.1, 0.15) is 19.3 Å². The molecular formula is C19H22O5. The van der Waals surface area contributed by atoms with Crippen LogP contribution in [0.5, 0.6) is 23.0 Å². The van der Waals surface area contributed by atoms with Crippen molar-refractivity contribution in [3.05, 3.63) is 47.5 Å². The first kappa shape index (κ1) is 16.5. The molecule has 5 heteroatoms. The molecule has 0 radical (unpaired) electrons. The molecule has 2 aromatic carbocycles. The van der Waals surface area contributed by atoms with Gasteiger partial charge in [0.25, 0.3) is 0 Å². The van der Waals surface area contributed by atoms with Crippen LogP contribution in [0.2, 0.25) is 0 Å². The van der Waals surface area contributed by atoms with Crippen LogP contribution in [-0.2, 0) is 11.3 Å². The molecule has 1 fully saturated rings. The Hall–Kier alpha value is -2.40. The Morgan fingerprint density at radius 2 is 1.71 bits per heavy atom. The summed E-state index contributed by atoms with van der Waals surface area (Å²) < 4.78 is 28.0. The zero-order valence-corrected chi connectivity index (χ0v) is 14.2. The van der Waals surface area contributed by atoms with Crippen molar-refractivity contribution in [1.29, 1.82) is 0 Å². The van der Waals surface area contributed by atoms with Gasteiger partial charge in [-0.25, -0.2) is 0 Å². The maximum absolute atomic E-state index is 6.00. The minimum absolute atomic E-state index is 0.176. The van der Waals surface area contributed by atoms with Crippen LogP contribution in [0.3, 0.4) is 0 Å². The van der Waals surface area contributed by atoms with Gasteiger partial charge in [0.15, 0.2) is 11.5 Å². The van der Waals surface area contributed by atoms with Crippen molar-refractivity contribution < 1.29 is 23.7 Å². The highest BCUT2D eigenvalue weighted by molar-refractivity contribution is 5.62. The van der Waals surface area contributed by atoms with Gasteiger partial charge in [-0.2, -0.15) is 0 Å². The normalized spacial score (nSPS) is 15.7. The third-order valence-corrected chi connectivity index (χ3v) is 3.80. The molecule has 2 aromatic rings. The van der Waals surface area contributed by atoms with E-state index in [4.69, 9.17) is 23.7 Å². The lowest BCUT2D eigenvalue weighted by Gasteiger charge is -2.19. The van der Waals surface area contributed by atoms with Crippen molar-refractivity contribution in [2.75, 3.05) is 27.4 Å². The third-order valence-electron chi connectivity index (χ3n) is 3.80. The molecule has 1 heterocycles. The van der Waals surface area contributed by atoms with Crippen LogP contribution in [0, 0.1) is 6.92 Å². The number of rotatable bonds is 8. The van der Waals surface area contributed by atoms with Gasteiger partial charge in [-0.3, -0.25) is 0 Å². The molecule has 1 aliphatic rings.